The van der Waals surface area contributed by atoms with Crippen LogP contribution in [0.5, 0.6) is 0 Å². The summed E-state index contributed by atoms with van der Waals surface area (Å²) in [6.07, 6.45) is 0. The summed E-state index contributed by atoms with van der Waals surface area (Å²) in [5.41, 5.74) is 13.4. The van der Waals surface area contributed by atoms with E-state index < -0.39 is 0 Å². The minimum Gasteiger partial charge on any atom is -0.461 e. The maximum absolute atomic E-state index is 5.73. The van der Waals surface area contributed by atoms with Crippen LogP contribution >= 0.6 is 0 Å². The van der Waals surface area contributed by atoms with Crippen molar-refractivity contribution in [3.05, 3.63) is 24.0 Å². The number of hydrogen-bond donors (Lipinski definition) is 2. The van der Waals surface area contributed by atoms with Crippen molar-refractivity contribution < 1.29 is 4.42 Å². The van der Waals surface area contributed by atoms with Gasteiger partial charge in [-0.2, -0.15) is 0 Å². The third kappa shape index (κ3) is 0.906. The van der Waals surface area contributed by atoms with Crippen LogP contribution in [-0.4, -0.2) is 0 Å². The molecule has 0 fully saturated rings. The van der Waals surface area contributed by atoms with E-state index in [0.29, 0.717) is 11.4 Å². The summed E-state index contributed by atoms with van der Waals surface area (Å²) in [5, 5.41) is 0.932. The van der Waals surface area contributed by atoms with Crippen LogP contribution in [0.3, 0.4) is 0 Å². The second-order valence-electron chi connectivity index (χ2n) is 2.88. The summed E-state index contributed by atoms with van der Waals surface area (Å²) in [4.78, 5) is 0. The number of anilines is 2. The molecule has 0 spiro atoms. The maximum Gasteiger partial charge on any atom is 0.138 e. The van der Waals surface area contributed by atoms with Gasteiger partial charge in [0.1, 0.15) is 11.3 Å². The predicted molar refractivity (Wildman–Crippen MR) is 49.8 cm³/mol. The van der Waals surface area contributed by atoms with Crippen molar-refractivity contribution in [1.29, 1.82) is 0 Å². The first-order chi connectivity index (χ1) is 5.66. The Balaban J connectivity index is 2.88. The van der Waals surface area contributed by atoms with Gasteiger partial charge >= 0.3 is 0 Å². The second-order valence-corrected chi connectivity index (χ2v) is 2.88. The number of nitrogen functional groups attached to an aromatic ring is 2. The predicted octanol–water partition coefficient (Wildman–Crippen LogP) is 1.91. The van der Waals surface area contributed by atoms with Crippen molar-refractivity contribution in [3.8, 4) is 0 Å². The minimum atomic E-state index is 0.634. The highest BCUT2D eigenvalue weighted by atomic mass is 16.3. The molecule has 1 aromatic carbocycles. The average Bonchev–Trinajstić information content (AvgIpc) is 2.29. The summed E-state index contributed by atoms with van der Waals surface area (Å²) in [6, 6.07) is 5.42. The third-order valence-corrected chi connectivity index (χ3v) is 1.81. The third-order valence-electron chi connectivity index (χ3n) is 1.81. The van der Waals surface area contributed by atoms with Gasteiger partial charge in [-0.3, -0.25) is 0 Å². The van der Waals surface area contributed by atoms with E-state index in [1.54, 1.807) is 12.1 Å². The molecule has 1 aromatic heterocycles. The van der Waals surface area contributed by atoms with Crippen molar-refractivity contribution in [2.24, 2.45) is 0 Å². The average molecular weight is 162 g/mol. The smallest absolute Gasteiger partial charge is 0.138 e. The zero-order chi connectivity index (χ0) is 8.72. The van der Waals surface area contributed by atoms with E-state index in [2.05, 4.69) is 0 Å². The maximum atomic E-state index is 5.73. The van der Waals surface area contributed by atoms with Gasteiger partial charge in [-0.25, -0.2) is 0 Å². The molecule has 0 aliphatic carbocycles. The van der Waals surface area contributed by atoms with Crippen molar-refractivity contribution in [3.63, 3.8) is 0 Å². The van der Waals surface area contributed by atoms with Gasteiger partial charge in [-0.15, -0.1) is 0 Å². The molecule has 0 aliphatic rings. The topological polar surface area (TPSA) is 65.2 Å². The first-order valence-corrected chi connectivity index (χ1v) is 3.72. The quantitative estimate of drug-likeness (QED) is 0.581. The largest absolute Gasteiger partial charge is 0.461 e. The summed E-state index contributed by atoms with van der Waals surface area (Å²) >= 11 is 0. The normalized spacial score (nSPS) is 10.8. The molecule has 0 atom stereocenters. The summed E-state index contributed by atoms with van der Waals surface area (Å²) in [6.45, 7) is 1.88. The highest BCUT2D eigenvalue weighted by molar-refractivity contribution is 5.92. The van der Waals surface area contributed by atoms with Crippen LogP contribution in [0.1, 0.15) is 5.76 Å². The molecule has 1 heterocycles. The molecule has 62 valence electrons. The lowest BCUT2D eigenvalue weighted by Crippen LogP contribution is -1.89. The Morgan fingerprint density at radius 3 is 2.67 bits per heavy atom. The van der Waals surface area contributed by atoms with Crippen molar-refractivity contribution in [2.75, 3.05) is 11.5 Å². The molecule has 3 heteroatoms. The molecular formula is C9H10N2O. The van der Waals surface area contributed by atoms with Gasteiger partial charge in [0.2, 0.25) is 0 Å². The van der Waals surface area contributed by atoms with E-state index in [4.69, 9.17) is 15.9 Å². The first-order valence-electron chi connectivity index (χ1n) is 3.72. The number of nitrogens with two attached hydrogens (primary N) is 2. The van der Waals surface area contributed by atoms with Crippen molar-refractivity contribution in [1.82, 2.24) is 0 Å². The molecule has 0 saturated heterocycles. The highest BCUT2D eigenvalue weighted by Gasteiger charge is 2.03. The molecule has 0 saturated carbocycles. The molecule has 2 aromatic rings. The number of benzene rings is 1. The van der Waals surface area contributed by atoms with Crippen LogP contribution in [0.2, 0.25) is 0 Å². The SMILES string of the molecule is Cc1cc2c(N)cc(N)cc2o1. The van der Waals surface area contributed by atoms with Crippen LogP contribution < -0.4 is 11.5 Å². The fourth-order valence-electron chi connectivity index (χ4n) is 1.32. The summed E-state index contributed by atoms with van der Waals surface area (Å²) < 4.78 is 5.37. The first kappa shape index (κ1) is 7.03. The number of hydrogen-bond acceptors (Lipinski definition) is 3. The van der Waals surface area contributed by atoms with Gasteiger partial charge in [0.25, 0.3) is 0 Å². The molecule has 0 radical (unpaired) electrons. The van der Waals surface area contributed by atoms with Gasteiger partial charge in [-0.1, -0.05) is 0 Å². The number of fused-ring (bicyclic) bond motifs is 1. The van der Waals surface area contributed by atoms with Crippen LogP contribution in [0.25, 0.3) is 11.0 Å². The fraction of sp³-hybridized carbons (Fsp3) is 0.111. The molecule has 3 nitrogen and oxygen atoms in total. The summed E-state index contributed by atoms with van der Waals surface area (Å²) in [5.74, 6) is 0.849. The van der Waals surface area contributed by atoms with E-state index in [0.717, 1.165) is 16.7 Å². The lowest BCUT2D eigenvalue weighted by atomic mass is 10.2. The molecule has 0 aliphatic heterocycles. The molecular weight excluding hydrogens is 152 g/mol. The Hall–Kier alpha value is -1.64. The Labute approximate surface area is 70.0 Å². The summed E-state index contributed by atoms with van der Waals surface area (Å²) in [7, 11) is 0. The lowest BCUT2D eigenvalue weighted by molar-refractivity contribution is 0.579. The fourth-order valence-corrected chi connectivity index (χ4v) is 1.32. The molecule has 0 unspecified atom stereocenters. The van der Waals surface area contributed by atoms with Crippen LogP contribution in [0.15, 0.2) is 22.6 Å². The van der Waals surface area contributed by atoms with E-state index in [1.807, 2.05) is 13.0 Å². The number of rotatable bonds is 0. The molecule has 4 N–H and O–H groups in total. The zero-order valence-electron chi connectivity index (χ0n) is 6.79. The Morgan fingerprint density at radius 1 is 1.17 bits per heavy atom. The van der Waals surface area contributed by atoms with Crippen LogP contribution in [0, 0.1) is 6.92 Å². The Bertz CT molecular complexity index is 431. The van der Waals surface area contributed by atoms with Gasteiger partial charge < -0.3 is 15.9 Å². The van der Waals surface area contributed by atoms with E-state index in [-0.39, 0.29) is 0 Å². The van der Waals surface area contributed by atoms with E-state index in [1.165, 1.54) is 0 Å². The van der Waals surface area contributed by atoms with Gasteiger partial charge in [-0.05, 0) is 19.1 Å². The Morgan fingerprint density at radius 2 is 1.92 bits per heavy atom. The minimum absolute atomic E-state index is 0.634. The van der Waals surface area contributed by atoms with Crippen molar-refractivity contribution >= 4 is 22.3 Å². The van der Waals surface area contributed by atoms with Crippen LogP contribution in [-0.2, 0) is 0 Å². The highest BCUT2D eigenvalue weighted by Crippen LogP contribution is 2.27. The van der Waals surface area contributed by atoms with Gasteiger partial charge in [0.15, 0.2) is 0 Å². The van der Waals surface area contributed by atoms with Crippen molar-refractivity contribution in [2.45, 2.75) is 6.92 Å². The number of furan rings is 1. The van der Waals surface area contributed by atoms with E-state index >= 15 is 0 Å². The number of aryl methyl sites for hydroxylation is 1. The molecule has 0 amide bonds. The monoisotopic (exact) mass is 162 g/mol. The molecule has 2 rings (SSSR count). The van der Waals surface area contributed by atoms with Gasteiger partial charge in [0, 0.05) is 22.8 Å². The Kier molecular flexibility index (Phi) is 1.27. The molecule has 12 heavy (non-hydrogen) atoms. The second kappa shape index (κ2) is 2.17. The molecule has 0 bridgehead atoms. The van der Waals surface area contributed by atoms with Crippen LogP contribution in [0.4, 0.5) is 11.4 Å². The zero-order valence-corrected chi connectivity index (χ0v) is 6.79. The van der Waals surface area contributed by atoms with E-state index in [9.17, 15) is 0 Å². The van der Waals surface area contributed by atoms with Gasteiger partial charge in [0.05, 0.1) is 0 Å². The lowest BCUT2D eigenvalue weighted by Gasteiger charge is -1.96. The standard InChI is InChI=1S/C9H10N2O/c1-5-2-7-8(11)3-6(10)4-9(7)12-5/h2-4H,10-11H2,1H3.